The number of rotatable bonds is 13. The molecule has 3 aliphatic heterocycles. The van der Waals surface area contributed by atoms with E-state index in [0.29, 0.717) is 0 Å². The number of ether oxygens (including phenoxy) is 9. The first-order valence-corrected chi connectivity index (χ1v) is 19.2. The van der Waals surface area contributed by atoms with Crippen LogP contribution in [0, 0.1) is 0 Å². The average Bonchev–Trinajstić information content (AvgIpc) is 3.54. The standard InChI is InChI=1S/C41H46O21/c1-17-27(44)30(47)32(49)38(58-17)55-14-25-28(45)31(48)35(62-40-36(50)41(52,16-57-40)15-56-37(51)18-7-5-4-6-8-18)39(60-25)61-34-29(46)26-21(43)12-20(42)13-24(26)59-33(34)19-9-10-22(53-2)23(11-19)54-3/h4-13,17,25,27-28,30-32,35-36,38-40,42-45,47-50,52H,14-16H2,1-3H3/t17-,25+,27-,28+,30+,31-,32+,35+,36-,38+,39-,40-,41+/m0/s1. The van der Waals surface area contributed by atoms with E-state index in [1.807, 2.05) is 0 Å². The Balaban J connectivity index is 1.23. The highest BCUT2D eigenvalue weighted by Gasteiger charge is 2.55. The van der Waals surface area contributed by atoms with Crippen molar-refractivity contribution in [3.05, 3.63) is 76.5 Å². The van der Waals surface area contributed by atoms with E-state index < -0.39 is 133 Å². The van der Waals surface area contributed by atoms with Crippen molar-refractivity contribution in [1.82, 2.24) is 0 Å². The number of aromatic hydroxyl groups is 2. The van der Waals surface area contributed by atoms with Gasteiger partial charge in [0.15, 0.2) is 41.5 Å². The molecule has 3 fully saturated rings. The van der Waals surface area contributed by atoms with E-state index in [-0.39, 0.29) is 34.0 Å². The molecule has 336 valence electrons. The lowest BCUT2D eigenvalue weighted by Gasteiger charge is -2.44. The van der Waals surface area contributed by atoms with Crippen LogP contribution in [0.25, 0.3) is 22.3 Å². The van der Waals surface area contributed by atoms with Crippen LogP contribution in [-0.4, -0.2) is 165 Å². The molecule has 62 heavy (non-hydrogen) atoms. The maximum absolute atomic E-state index is 14.4. The summed E-state index contributed by atoms with van der Waals surface area (Å²) in [5, 5.41) is 97.2. The Labute approximate surface area is 351 Å². The van der Waals surface area contributed by atoms with Crippen molar-refractivity contribution in [1.29, 1.82) is 0 Å². The Kier molecular flexibility index (Phi) is 13.2. The van der Waals surface area contributed by atoms with Gasteiger partial charge in [0.05, 0.1) is 39.1 Å². The van der Waals surface area contributed by atoms with E-state index in [0.717, 1.165) is 12.1 Å². The third-order valence-corrected chi connectivity index (χ3v) is 10.7. The Morgan fingerprint density at radius 3 is 2.26 bits per heavy atom. The molecule has 21 heteroatoms. The quantitative estimate of drug-likeness (QED) is 0.0746. The SMILES string of the molecule is COc1ccc(-c2oc3cc(O)cc(O)c3c(=O)c2O[C@@H]2O[C@H](CO[C@@H]3O[C@@H](C)[C@H](O)[C@@H](O)[C@H]3O)[C@@H](O)[C@H](O)[C@H]2O[C@@H]2OC[C@](O)(COC(=O)c3ccccc3)[C@H]2O)cc1OC. The summed E-state index contributed by atoms with van der Waals surface area (Å²) in [5.41, 5.74) is -3.28. The first kappa shape index (κ1) is 44.9. The molecular formula is C41H46O21. The van der Waals surface area contributed by atoms with Gasteiger partial charge in [-0.2, -0.15) is 0 Å². The van der Waals surface area contributed by atoms with Gasteiger partial charge in [0.25, 0.3) is 0 Å². The summed E-state index contributed by atoms with van der Waals surface area (Å²) in [5.74, 6) is -2.53. The number of esters is 1. The van der Waals surface area contributed by atoms with Crippen molar-refractivity contribution in [2.75, 3.05) is 34.0 Å². The number of hydrogen-bond donors (Lipinski definition) is 9. The Morgan fingerprint density at radius 2 is 1.55 bits per heavy atom. The second-order valence-corrected chi connectivity index (χ2v) is 14.9. The molecule has 0 bridgehead atoms. The van der Waals surface area contributed by atoms with Gasteiger partial charge in [0.1, 0.15) is 71.8 Å². The molecule has 4 aromatic rings. The molecule has 4 heterocycles. The topological polar surface area (TPSA) is 312 Å². The first-order valence-electron chi connectivity index (χ1n) is 19.2. The van der Waals surface area contributed by atoms with Crippen LogP contribution in [0.5, 0.6) is 28.7 Å². The van der Waals surface area contributed by atoms with Gasteiger partial charge in [-0.05, 0) is 37.3 Å². The summed E-state index contributed by atoms with van der Waals surface area (Å²) in [6, 6.07) is 14.1. The number of benzene rings is 3. The largest absolute Gasteiger partial charge is 0.508 e. The lowest BCUT2D eigenvalue weighted by Crippen LogP contribution is -2.63. The summed E-state index contributed by atoms with van der Waals surface area (Å²) < 4.78 is 57.0. The molecule has 3 aromatic carbocycles. The monoisotopic (exact) mass is 874 g/mol. The zero-order chi connectivity index (χ0) is 44.6. The summed E-state index contributed by atoms with van der Waals surface area (Å²) >= 11 is 0. The Bertz CT molecular complexity index is 2270. The predicted octanol–water partition coefficient (Wildman–Crippen LogP) is -0.751. The van der Waals surface area contributed by atoms with Gasteiger partial charge < -0.3 is 93.0 Å². The smallest absolute Gasteiger partial charge is 0.338 e. The number of methoxy groups -OCH3 is 2. The minimum atomic E-state index is -2.25. The van der Waals surface area contributed by atoms with E-state index in [1.54, 1.807) is 18.2 Å². The predicted molar refractivity (Wildman–Crippen MR) is 206 cm³/mol. The molecule has 9 N–H and O–H groups in total. The van der Waals surface area contributed by atoms with E-state index in [2.05, 4.69) is 0 Å². The molecule has 13 atom stereocenters. The van der Waals surface area contributed by atoms with Crippen LogP contribution < -0.4 is 19.6 Å². The second kappa shape index (κ2) is 18.3. The van der Waals surface area contributed by atoms with Gasteiger partial charge in [-0.15, -0.1) is 0 Å². The van der Waals surface area contributed by atoms with Crippen LogP contribution >= 0.6 is 0 Å². The van der Waals surface area contributed by atoms with Gasteiger partial charge in [0.2, 0.25) is 17.5 Å². The highest BCUT2D eigenvalue weighted by molar-refractivity contribution is 5.89. The summed E-state index contributed by atoms with van der Waals surface area (Å²) in [6.07, 6.45) is -20.8. The van der Waals surface area contributed by atoms with Crippen LogP contribution in [0.15, 0.2) is 69.9 Å². The van der Waals surface area contributed by atoms with Crippen molar-refractivity contribution >= 4 is 16.9 Å². The fraction of sp³-hybridized carbons (Fsp3) is 0.463. The van der Waals surface area contributed by atoms with E-state index >= 15 is 0 Å². The van der Waals surface area contributed by atoms with Gasteiger partial charge >= 0.3 is 5.97 Å². The number of fused-ring (bicyclic) bond motifs is 1. The van der Waals surface area contributed by atoms with Crippen molar-refractivity contribution in [2.24, 2.45) is 0 Å². The summed E-state index contributed by atoms with van der Waals surface area (Å²) in [4.78, 5) is 27.0. The summed E-state index contributed by atoms with van der Waals surface area (Å²) in [7, 11) is 2.75. The van der Waals surface area contributed by atoms with Crippen molar-refractivity contribution < 1.29 is 97.8 Å². The number of carbonyl (C=O) groups is 1. The lowest BCUT2D eigenvalue weighted by molar-refractivity contribution is -0.335. The fourth-order valence-corrected chi connectivity index (χ4v) is 7.18. The molecule has 7 rings (SSSR count). The fourth-order valence-electron chi connectivity index (χ4n) is 7.18. The van der Waals surface area contributed by atoms with Crippen molar-refractivity contribution in [2.45, 2.75) is 86.3 Å². The van der Waals surface area contributed by atoms with Crippen LogP contribution in [0.4, 0.5) is 0 Å². The minimum Gasteiger partial charge on any atom is -0.508 e. The normalized spacial score (nSPS) is 32.4. The molecule has 0 radical (unpaired) electrons. The molecule has 1 aromatic heterocycles. The van der Waals surface area contributed by atoms with Crippen LogP contribution in [-0.2, 0) is 28.4 Å². The number of phenols is 2. The van der Waals surface area contributed by atoms with E-state index in [1.165, 1.54) is 51.5 Å². The first-order chi connectivity index (χ1) is 29.5. The van der Waals surface area contributed by atoms with Crippen LogP contribution in [0.3, 0.4) is 0 Å². The highest BCUT2D eigenvalue weighted by Crippen LogP contribution is 2.41. The third-order valence-electron chi connectivity index (χ3n) is 10.7. The number of aliphatic hydroxyl groups is 7. The minimum absolute atomic E-state index is 0.121. The Morgan fingerprint density at radius 1 is 0.823 bits per heavy atom. The number of carbonyl (C=O) groups excluding carboxylic acids is 1. The van der Waals surface area contributed by atoms with Gasteiger partial charge in [-0.3, -0.25) is 4.79 Å². The van der Waals surface area contributed by atoms with Crippen LogP contribution in [0.1, 0.15) is 17.3 Å². The van der Waals surface area contributed by atoms with Gasteiger partial charge in [-0.1, -0.05) is 18.2 Å². The van der Waals surface area contributed by atoms with Crippen LogP contribution in [0.2, 0.25) is 0 Å². The molecule has 0 saturated carbocycles. The highest BCUT2D eigenvalue weighted by atomic mass is 16.8. The molecule has 0 amide bonds. The summed E-state index contributed by atoms with van der Waals surface area (Å²) in [6.45, 7) is -0.692. The number of phenolic OH excluding ortho intramolecular Hbond substituents is 2. The molecule has 21 nitrogen and oxygen atoms in total. The Hall–Kier alpha value is -5.14. The van der Waals surface area contributed by atoms with Gasteiger partial charge in [-0.25, -0.2) is 4.79 Å². The third kappa shape index (κ3) is 8.75. The van der Waals surface area contributed by atoms with Crippen molar-refractivity contribution in [3.63, 3.8) is 0 Å². The molecule has 3 aliphatic rings. The number of aliphatic hydroxyl groups excluding tert-OH is 6. The van der Waals surface area contributed by atoms with E-state index in [4.69, 9.17) is 47.0 Å². The number of hydrogen-bond acceptors (Lipinski definition) is 21. The zero-order valence-electron chi connectivity index (χ0n) is 33.2. The van der Waals surface area contributed by atoms with Crippen molar-refractivity contribution in [3.8, 4) is 40.1 Å². The molecular weight excluding hydrogens is 828 g/mol. The molecule has 0 spiro atoms. The molecule has 0 aliphatic carbocycles. The molecule has 0 unspecified atom stereocenters. The average molecular weight is 875 g/mol. The van der Waals surface area contributed by atoms with Gasteiger partial charge in [0, 0.05) is 17.7 Å². The molecule has 3 saturated heterocycles. The maximum Gasteiger partial charge on any atom is 0.338 e. The van der Waals surface area contributed by atoms with E-state index in [9.17, 15) is 55.5 Å². The second-order valence-electron chi connectivity index (χ2n) is 14.9. The lowest BCUT2D eigenvalue weighted by atomic mass is 9.97. The maximum atomic E-state index is 14.4. The zero-order valence-corrected chi connectivity index (χ0v) is 33.2.